The first kappa shape index (κ1) is 15.0. The van der Waals surface area contributed by atoms with E-state index < -0.39 is 0 Å². The Balaban J connectivity index is 1.49. The van der Waals surface area contributed by atoms with E-state index in [0.29, 0.717) is 18.9 Å². The maximum atomic E-state index is 12.0. The average Bonchev–Trinajstić information content (AvgIpc) is 3.17. The first-order chi connectivity index (χ1) is 10.7. The normalized spacial score (nSPS) is 21.4. The third kappa shape index (κ3) is 3.65. The minimum Gasteiger partial charge on any atom is -0.326 e. The highest BCUT2D eigenvalue weighted by atomic mass is 16.2. The third-order valence-corrected chi connectivity index (χ3v) is 4.42. The Kier molecular flexibility index (Phi) is 4.73. The highest BCUT2D eigenvalue weighted by Crippen LogP contribution is 2.23. The second-order valence-electron chi connectivity index (χ2n) is 6.08. The molecular formula is C17H23N3O2. The molecule has 2 fully saturated rings. The summed E-state index contributed by atoms with van der Waals surface area (Å²) in [6.45, 7) is 1.86. The Hall–Kier alpha value is -1.88. The molecule has 1 aromatic carbocycles. The van der Waals surface area contributed by atoms with E-state index in [9.17, 15) is 9.59 Å². The van der Waals surface area contributed by atoms with Gasteiger partial charge in [0, 0.05) is 36.8 Å². The number of carbonyl (C=O) groups is 2. The number of amides is 2. The van der Waals surface area contributed by atoms with Crippen LogP contribution in [0, 0.1) is 0 Å². The number of nitrogens with zero attached hydrogens (tertiary/aromatic N) is 1. The molecule has 5 heteroatoms. The molecule has 1 unspecified atom stereocenters. The zero-order valence-corrected chi connectivity index (χ0v) is 12.8. The van der Waals surface area contributed by atoms with Crippen molar-refractivity contribution in [2.24, 2.45) is 0 Å². The minimum atomic E-state index is 0.0544. The van der Waals surface area contributed by atoms with Gasteiger partial charge in [0.05, 0.1) is 0 Å². The fourth-order valence-corrected chi connectivity index (χ4v) is 3.18. The summed E-state index contributed by atoms with van der Waals surface area (Å²) in [7, 11) is 0. The average molecular weight is 301 g/mol. The molecule has 1 aromatic rings. The lowest BCUT2D eigenvalue weighted by Gasteiger charge is -2.16. The second kappa shape index (κ2) is 6.92. The van der Waals surface area contributed by atoms with Crippen molar-refractivity contribution in [2.75, 3.05) is 23.3 Å². The molecular weight excluding hydrogens is 278 g/mol. The standard InChI is InChI=1S/C17H23N3O2/c21-16(10-7-13-3-1-11-18-13)19-14-5-8-15(9-6-14)20-12-2-4-17(20)22/h5-6,8-9,13,18H,1-4,7,10-12H2,(H,19,21). The molecule has 1 atom stereocenters. The first-order valence-electron chi connectivity index (χ1n) is 8.16. The van der Waals surface area contributed by atoms with Gasteiger partial charge in [0.15, 0.2) is 0 Å². The van der Waals surface area contributed by atoms with Gasteiger partial charge in [-0.1, -0.05) is 0 Å². The number of carbonyl (C=O) groups excluding carboxylic acids is 2. The fraction of sp³-hybridized carbons (Fsp3) is 0.529. The van der Waals surface area contributed by atoms with Gasteiger partial charge in [0.25, 0.3) is 0 Å². The topological polar surface area (TPSA) is 61.4 Å². The molecule has 0 aliphatic carbocycles. The molecule has 5 nitrogen and oxygen atoms in total. The zero-order chi connectivity index (χ0) is 15.4. The van der Waals surface area contributed by atoms with E-state index in [0.717, 1.165) is 37.3 Å². The number of nitrogens with one attached hydrogen (secondary N) is 2. The van der Waals surface area contributed by atoms with Crippen LogP contribution in [0.4, 0.5) is 11.4 Å². The maximum Gasteiger partial charge on any atom is 0.227 e. The van der Waals surface area contributed by atoms with Gasteiger partial charge in [0.1, 0.15) is 0 Å². The summed E-state index contributed by atoms with van der Waals surface area (Å²) >= 11 is 0. The van der Waals surface area contributed by atoms with Crippen LogP contribution in [0.5, 0.6) is 0 Å². The molecule has 2 N–H and O–H groups in total. The molecule has 2 aliphatic heterocycles. The SMILES string of the molecule is O=C(CCC1CCCN1)Nc1ccc(N2CCCC2=O)cc1. The van der Waals surface area contributed by atoms with Gasteiger partial charge in [-0.25, -0.2) is 0 Å². The molecule has 2 heterocycles. The van der Waals surface area contributed by atoms with E-state index in [4.69, 9.17) is 0 Å². The first-order valence-corrected chi connectivity index (χ1v) is 8.16. The summed E-state index contributed by atoms with van der Waals surface area (Å²) in [5, 5.41) is 6.33. The number of hydrogen-bond acceptors (Lipinski definition) is 3. The quantitative estimate of drug-likeness (QED) is 0.877. The Bertz CT molecular complexity index is 535. The van der Waals surface area contributed by atoms with E-state index in [1.165, 1.54) is 12.8 Å². The van der Waals surface area contributed by atoms with Gasteiger partial charge in [-0.3, -0.25) is 9.59 Å². The molecule has 0 spiro atoms. The number of anilines is 2. The van der Waals surface area contributed by atoms with E-state index in [2.05, 4.69) is 10.6 Å². The molecule has 2 amide bonds. The van der Waals surface area contributed by atoms with Crippen LogP contribution in [-0.2, 0) is 9.59 Å². The van der Waals surface area contributed by atoms with Crippen molar-refractivity contribution in [1.82, 2.24) is 5.32 Å². The van der Waals surface area contributed by atoms with Crippen molar-refractivity contribution in [1.29, 1.82) is 0 Å². The maximum absolute atomic E-state index is 12.0. The monoisotopic (exact) mass is 301 g/mol. The van der Waals surface area contributed by atoms with Crippen LogP contribution in [-0.4, -0.2) is 30.9 Å². The zero-order valence-electron chi connectivity index (χ0n) is 12.8. The molecule has 22 heavy (non-hydrogen) atoms. The van der Waals surface area contributed by atoms with Crippen molar-refractivity contribution in [3.05, 3.63) is 24.3 Å². The molecule has 118 valence electrons. The largest absolute Gasteiger partial charge is 0.326 e. The van der Waals surface area contributed by atoms with Crippen LogP contribution in [0.15, 0.2) is 24.3 Å². The van der Waals surface area contributed by atoms with Crippen LogP contribution in [0.3, 0.4) is 0 Å². The van der Waals surface area contributed by atoms with Crippen LogP contribution in [0.1, 0.15) is 38.5 Å². The fourth-order valence-electron chi connectivity index (χ4n) is 3.18. The van der Waals surface area contributed by atoms with Gasteiger partial charge in [0.2, 0.25) is 11.8 Å². The molecule has 2 aliphatic rings. The van der Waals surface area contributed by atoms with E-state index in [1.807, 2.05) is 24.3 Å². The van der Waals surface area contributed by atoms with Gasteiger partial charge in [-0.05, 0) is 56.5 Å². The summed E-state index contributed by atoms with van der Waals surface area (Å²) < 4.78 is 0. The number of benzene rings is 1. The van der Waals surface area contributed by atoms with Crippen molar-refractivity contribution < 1.29 is 9.59 Å². The lowest BCUT2D eigenvalue weighted by atomic mass is 10.1. The Morgan fingerprint density at radius 1 is 1.27 bits per heavy atom. The van der Waals surface area contributed by atoms with Gasteiger partial charge in [-0.15, -0.1) is 0 Å². The molecule has 0 radical (unpaired) electrons. The van der Waals surface area contributed by atoms with Crippen LogP contribution >= 0.6 is 0 Å². The van der Waals surface area contributed by atoms with E-state index >= 15 is 0 Å². The van der Waals surface area contributed by atoms with Crippen molar-refractivity contribution in [3.8, 4) is 0 Å². The summed E-state index contributed by atoms with van der Waals surface area (Å²) in [5.41, 5.74) is 1.70. The number of hydrogen-bond donors (Lipinski definition) is 2. The third-order valence-electron chi connectivity index (χ3n) is 4.42. The van der Waals surface area contributed by atoms with Gasteiger partial charge >= 0.3 is 0 Å². The Morgan fingerprint density at radius 2 is 2.09 bits per heavy atom. The lowest BCUT2D eigenvalue weighted by Crippen LogP contribution is -2.24. The predicted octanol–water partition coefficient (Wildman–Crippen LogP) is 2.28. The van der Waals surface area contributed by atoms with Crippen molar-refractivity contribution in [2.45, 2.75) is 44.6 Å². The van der Waals surface area contributed by atoms with E-state index in [-0.39, 0.29) is 11.8 Å². The van der Waals surface area contributed by atoms with Gasteiger partial charge < -0.3 is 15.5 Å². The highest BCUT2D eigenvalue weighted by molar-refractivity contribution is 5.96. The minimum absolute atomic E-state index is 0.0544. The Morgan fingerprint density at radius 3 is 2.73 bits per heavy atom. The molecule has 2 saturated heterocycles. The lowest BCUT2D eigenvalue weighted by molar-refractivity contribution is -0.117. The van der Waals surface area contributed by atoms with Crippen molar-refractivity contribution in [3.63, 3.8) is 0 Å². The summed E-state index contributed by atoms with van der Waals surface area (Å²) in [6, 6.07) is 8.03. The summed E-state index contributed by atoms with van der Waals surface area (Å²) in [5.74, 6) is 0.236. The van der Waals surface area contributed by atoms with E-state index in [1.54, 1.807) is 4.90 Å². The van der Waals surface area contributed by atoms with Crippen LogP contribution < -0.4 is 15.5 Å². The van der Waals surface area contributed by atoms with Crippen LogP contribution in [0.25, 0.3) is 0 Å². The summed E-state index contributed by atoms with van der Waals surface area (Å²) in [6.07, 6.45) is 5.38. The van der Waals surface area contributed by atoms with Gasteiger partial charge in [-0.2, -0.15) is 0 Å². The predicted molar refractivity (Wildman–Crippen MR) is 86.9 cm³/mol. The molecule has 0 saturated carbocycles. The smallest absolute Gasteiger partial charge is 0.227 e. The summed E-state index contributed by atoms with van der Waals surface area (Å²) in [4.78, 5) is 25.5. The number of rotatable bonds is 5. The Labute approximate surface area is 131 Å². The molecule has 0 aromatic heterocycles. The highest BCUT2D eigenvalue weighted by Gasteiger charge is 2.21. The second-order valence-corrected chi connectivity index (χ2v) is 6.08. The van der Waals surface area contributed by atoms with Crippen molar-refractivity contribution >= 4 is 23.2 Å². The van der Waals surface area contributed by atoms with Crippen LogP contribution in [0.2, 0.25) is 0 Å². The molecule has 0 bridgehead atoms. The molecule has 3 rings (SSSR count).